The lowest BCUT2D eigenvalue weighted by Gasteiger charge is -1.91. The predicted octanol–water partition coefficient (Wildman–Crippen LogP) is 2.26. The van der Waals surface area contributed by atoms with E-state index in [1.54, 1.807) is 0 Å². The Morgan fingerprint density at radius 1 is 1.27 bits per heavy atom. The van der Waals surface area contributed by atoms with Crippen molar-refractivity contribution >= 4 is 12.4 Å². The molecule has 0 fully saturated rings. The highest BCUT2D eigenvalue weighted by Gasteiger charge is 2.04. The molecule has 0 N–H and O–H groups in total. The van der Waals surface area contributed by atoms with Gasteiger partial charge in [-0.1, -0.05) is 6.07 Å². The van der Waals surface area contributed by atoms with E-state index in [0.29, 0.717) is 0 Å². The van der Waals surface area contributed by atoms with Crippen molar-refractivity contribution in [1.29, 1.82) is 5.26 Å². The van der Waals surface area contributed by atoms with Crippen LogP contribution in [0.4, 0.5) is 8.78 Å². The Hall–Kier alpha value is -1.14. The van der Waals surface area contributed by atoms with Gasteiger partial charge in [0.2, 0.25) is 0 Å². The number of benzene rings is 1. The normalized spacial score (nSPS) is 8.09. The Kier molecular flexibility index (Phi) is 3.49. The topological polar surface area (TPSA) is 23.8 Å². The highest BCUT2D eigenvalue weighted by atomic mass is 35.5. The van der Waals surface area contributed by atoms with Crippen LogP contribution in [0.25, 0.3) is 0 Å². The highest BCUT2D eigenvalue weighted by Crippen LogP contribution is 2.08. The first kappa shape index (κ1) is 9.86. The minimum absolute atomic E-state index is 0. The molecule has 1 aromatic carbocycles. The van der Waals surface area contributed by atoms with Crippen molar-refractivity contribution in [2.45, 2.75) is 0 Å². The third-order valence-corrected chi connectivity index (χ3v) is 1.07. The Morgan fingerprint density at radius 2 is 1.91 bits per heavy atom. The molecule has 0 aliphatic carbocycles. The van der Waals surface area contributed by atoms with Crippen LogP contribution < -0.4 is 0 Å². The van der Waals surface area contributed by atoms with Gasteiger partial charge in [-0.2, -0.15) is 5.26 Å². The number of nitriles is 1. The maximum Gasteiger partial charge on any atom is 0.176 e. The second-order valence-electron chi connectivity index (χ2n) is 1.71. The zero-order chi connectivity index (χ0) is 7.56. The van der Waals surface area contributed by atoms with E-state index in [2.05, 4.69) is 0 Å². The molecule has 0 heterocycles. The van der Waals surface area contributed by atoms with Crippen molar-refractivity contribution in [3.63, 3.8) is 0 Å². The van der Waals surface area contributed by atoms with Crippen molar-refractivity contribution in [1.82, 2.24) is 0 Å². The van der Waals surface area contributed by atoms with Gasteiger partial charge in [0, 0.05) is 0 Å². The van der Waals surface area contributed by atoms with E-state index in [0.717, 1.165) is 6.07 Å². The summed E-state index contributed by atoms with van der Waals surface area (Å²) in [5.41, 5.74) is -0.264. The lowest BCUT2D eigenvalue weighted by Crippen LogP contribution is -1.87. The summed E-state index contributed by atoms with van der Waals surface area (Å²) in [6.45, 7) is 0. The zero-order valence-electron chi connectivity index (χ0n) is 5.34. The SMILES string of the molecule is Cl.N#Cc1cccc(F)c1F. The van der Waals surface area contributed by atoms with Gasteiger partial charge >= 0.3 is 0 Å². The van der Waals surface area contributed by atoms with Gasteiger partial charge in [-0.3, -0.25) is 0 Å². The van der Waals surface area contributed by atoms with Gasteiger partial charge in [0.05, 0.1) is 5.56 Å². The van der Waals surface area contributed by atoms with E-state index in [9.17, 15) is 8.78 Å². The molecule has 1 aromatic rings. The molecule has 1 nitrogen and oxygen atoms in total. The van der Waals surface area contributed by atoms with Crippen LogP contribution in [0.5, 0.6) is 0 Å². The third kappa shape index (κ3) is 1.89. The Labute approximate surface area is 68.7 Å². The first-order chi connectivity index (χ1) is 4.75. The molecule has 0 unspecified atom stereocenters. The molecular formula is C7H4ClF2N. The summed E-state index contributed by atoms with van der Waals surface area (Å²) in [5.74, 6) is -2.07. The average molecular weight is 176 g/mol. The molecule has 0 bridgehead atoms. The molecule has 58 valence electrons. The van der Waals surface area contributed by atoms with E-state index in [1.165, 1.54) is 18.2 Å². The van der Waals surface area contributed by atoms with Crippen LogP contribution in [0.2, 0.25) is 0 Å². The fourth-order valence-corrected chi connectivity index (χ4v) is 0.590. The quantitative estimate of drug-likeness (QED) is 0.593. The maximum absolute atomic E-state index is 12.4. The van der Waals surface area contributed by atoms with E-state index in [1.807, 2.05) is 0 Å². The molecule has 0 saturated heterocycles. The summed E-state index contributed by atoms with van der Waals surface area (Å²) in [5, 5.41) is 8.19. The molecule has 0 aromatic heterocycles. The molecule has 4 heteroatoms. The second kappa shape index (κ2) is 3.89. The molecule has 0 radical (unpaired) electrons. The van der Waals surface area contributed by atoms with Crippen LogP contribution >= 0.6 is 12.4 Å². The summed E-state index contributed by atoms with van der Waals surface area (Å²) in [6, 6.07) is 5.00. The number of hydrogen-bond acceptors (Lipinski definition) is 1. The number of nitrogens with zero attached hydrogens (tertiary/aromatic N) is 1. The van der Waals surface area contributed by atoms with Gasteiger partial charge < -0.3 is 0 Å². The molecular weight excluding hydrogens is 172 g/mol. The van der Waals surface area contributed by atoms with Crippen LogP contribution in [0.3, 0.4) is 0 Å². The van der Waals surface area contributed by atoms with Gasteiger partial charge in [0.1, 0.15) is 6.07 Å². The molecule has 0 saturated carbocycles. The van der Waals surface area contributed by atoms with Crippen LogP contribution in [0.15, 0.2) is 18.2 Å². The second-order valence-corrected chi connectivity index (χ2v) is 1.71. The van der Waals surface area contributed by atoms with E-state index in [-0.39, 0.29) is 18.0 Å². The number of halogens is 3. The third-order valence-electron chi connectivity index (χ3n) is 1.07. The monoisotopic (exact) mass is 175 g/mol. The summed E-state index contributed by atoms with van der Waals surface area (Å²) in [6.07, 6.45) is 0. The van der Waals surface area contributed by atoms with Gasteiger partial charge in [-0.15, -0.1) is 12.4 Å². The molecule has 0 aliphatic heterocycles. The van der Waals surface area contributed by atoms with Crippen molar-refractivity contribution in [3.05, 3.63) is 35.4 Å². The van der Waals surface area contributed by atoms with Crippen LogP contribution in [0.1, 0.15) is 5.56 Å². The maximum atomic E-state index is 12.4. The molecule has 0 spiro atoms. The minimum Gasteiger partial charge on any atom is -0.204 e. The lowest BCUT2D eigenvalue weighted by molar-refractivity contribution is 0.506. The smallest absolute Gasteiger partial charge is 0.176 e. The summed E-state index contributed by atoms with van der Waals surface area (Å²) < 4.78 is 24.6. The van der Waals surface area contributed by atoms with E-state index in [4.69, 9.17) is 5.26 Å². The van der Waals surface area contributed by atoms with Crippen LogP contribution in [-0.4, -0.2) is 0 Å². The number of hydrogen-bond donors (Lipinski definition) is 0. The fourth-order valence-electron chi connectivity index (χ4n) is 0.590. The highest BCUT2D eigenvalue weighted by molar-refractivity contribution is 5.85. The largest absolute Gasteiger partial charge is 0.204 e. The van der Waals surface area contributed by atoms with Crippen molar-refractivity contribution in [2.24, 2.45) is 0 Å². The lowest BCUT2D eigenvalue weighted by atomic mass is 10.2. The molecule has 0 aliphatic rings. The fraction of sp³-hybridized carbons (Fsp3) is 0. The summed E-state index contributed by atoms with van der Waals surface area (Å²) >= 11 is 0. The summed E-state index contributed by atoms with van der Waals surface area (Å²) in [7, 11) is 0. The Balaban J connectivity index is 0.000001000. The van der Waals surface area contributed by atoms with Crippen LogP contribution in [0, 0.1) is 23.0 Å². The first-order valence-electron chi connectivity index (χ1n) is 2.60. The molecule has 0 atom stereocenters. The number of rotatable bonds is 0. The van der Waals surface area contributed by atoms with E-state index < -0.39 is 11.6 Å². The standard InChI is InChI=1S/C7H3F2N.ClH/c8-6-3-1-2-5(4-10)7(6)9;/h1-3H;1H. The van der Waals surface area contributed by atoms with Crippen molar-refractivity contribution < 1.29 is 8.78 Å². The zero-order valence-corrected chi connectivity index (χ0v) is 6.16. The van der Waals surface area contributed by atoms with Gasteiger partial charge in [0.15, 0.2) is 11.6 Å². The van der Waals surface area contributed by atoms with Crippen LogP contribution in [-0.2, 0) is 0 Å². The van der Waals surface area contributed by atoms with Gasteiger partial charge in [-0.25, -0.2) is 8.78 Å². The van der Waals surface area contributed by atoms with Crippen molar-refractivity contribution in [2.75, 3.05) is 0 Å². The molecule has 11 heavy (non-hydrogen) atoms. The predicted molar refractivity (Wildman–Crippen MR) is 38.3 cm³/mol. The van der Waals surface area contributed by atoms with E-state index >= 15 is 0 Å². The Bertz CT molecular complexity index is 293. The molecule has 1 rings (SSSR count). The summed E-state index contributed by atoms with van der Waals surface area (Å²) in [4.78, 5) is 0. The van der Waals surface area contributed by atoms with Crippen molar-refractivity contribution in [3.8, 4) is 6.07 Å². The molecule has 0 amide bonds. The first-order valence-corrected chi connectivity index (χ1v) is 2.60. The average Bonchev–Trinajstić information content (AvgIpc) is 1.95. The van der Waals surface area contributed by atoms with Gasteiger partial charge in [0.25, 0.3) is 0 Å². The Morgan fingerprint density at radius 3 is 2.36 bits per heavy atom. The van der Waals surface area contributed by atoms with Gasteiger partial charge in [-0.05, 0) is 12.1 Å². The minimum atomic E-state index is -1.08.